The Morgan fingerprint density at radius 3 is 2.00 bits per heavy atom. The fourth-order valence-corrected chi connectivity index (χ4v) is 2.19. The van der Waals surface area contributed by atoms with E-state index in [1.807, 2.05) is 19.9 Å². The molecule has 140 valence electrons. The van der Waals surface area contributed by atoms with Gasteiger partial charge in [-0.3, -0.25) is 10.1 Å². The number of methoxy groups -OCH3 is 2. The summed E-state index contributed by atoms with van der Waals surface area (Å²) >= 11 is 0. The van der Waals surface area contributed by atoms with Crippen LogP contribution in [0.3, 0.4) is 0 Å². The maximum absolute atomic E-state index is 10.7. The van der Waals surface area contributed by atoms with E-state index in [0.717, 1.165) is 5.56 Å². The van der Waals surface area contributed by atoms with Crippen molar-refractivity contribution in [1.29, 1.82) is 0 Å². The first kappa shape index (κ1) is 21.1. The summed E-state index contributed by atoms with van der Waals surface area (Å²) in [5, 5.41) is 18.9. The minimum absolute atomic E-state index is 0.00878. The minimum atomic E-state index is -0.459. The second-order valence-corrected chi connectivity index (χ2v) is 5.39. The Morgan fingerprint density at radius 1 is 0.962 bits per heavy atom. The predicted molar refractivity (Wildman–Crippen MR) is 102 cm³/mol. The zero-order valence-corrected chi connectivity index (χ0v) is 16.0. The van der Waals surface area contributed by atoms with E-state index >= 15 is 0 Å². The van der Waals surface area contributed by atoms with Crippen molar-refractivity contribution >= 4 is 17.1 Å². The van der Waals surface area contributed by atoms with Gasteiger partial charge < -0.3 is 9.47 Å². The summed E-state index contributed by atoms with van der Waals surface area (Å²) in [6.45, 7) is 8.13. The highest BCUT2D eigenvalue weighted by atomic mass is 16.6. The molecule has 0 heterocycles. The van der Waals surface area contributed by atoms with Gasteiger partial charge in [-0.1, -0.05) is 27.7 Å². The van der Waals surface area contributed by atoms with Gasteiger partial charge in [-0.2, -0.15) is 5.11 Å². The van der Waals surface area contributed by atoms with Crippen molar-refractivity contribution in [2.75, 3.05) is 14.2 Å². The van der Waals surface area contributed by atoms with E-state index in [2.05, 4.69) is 24.1 Å². The van der Waals surface area contributed by atoms with Gasteiger partial charge in [0.15, 0.2) is 0 Å². The highest BCUT2D eigenvalue weighted by molar-refractivity contribution is 5.59. The van der Waals surface area contributed by atoms with Gasteiger partial charge in [0, 0.05) is 23.8 Å². The molecule has 0 bridgehead atoms. The smallest absolute Gasteiger partial charge is 0.269 e. The van der Waals surface area contributed by atoms with Crippen molar-refractivity contribution in [2.24, 2.45) is 10.2 Å². The number of nitro groups is 1. The van der Waals surface area contributed by atoms with Crippen LogP contribution in [0.1, 0.15) is 39.2 Å². The molecule has 0 amide bonds. The summed E-state index contributed by atoms with van der Waals surface area (Å²) in [7, 11) is 3.17. The van der Waals surface area contributed by atoms with Crippen molar-refractivity contribution in [3.63, 3.8) is 0 Å². The van der Waals surface area contributed by atoms with Crippen LogP contribution in [0, 0.1) is 10.1 Å². The molecule has 0 aliphatic rings. The summed E-state index contributed by atoms with van der Waals surface area (Å²) in [6.07, 6.45) is 0. The van der Waals surface area contributed by atoms with E-state index in [1.54, 1.807) is 20.3 Å². The van der Waals surface area contributed by atoms with Crippen LogP contribution < -0.4 is 9.47 Å². The molecule has 0 aliphatic heterocycles. The molecule has 0 N–H and O–H groups in total. The SMILES string of the molecule is CC.COc1cc(C(C)C)c(OC)cc1N=Nc1ccc([N+](=O)[O-])cc1. The van der Waals surface area contributed by atoms with Crippen LogP contribution in [0.2, 0.25) is 0 Å². The van der Waals surface area contributed by atoms with Crippen LogP contribution in [0.15, 0.2) is 46.6 Å². The fraction of sp³-hybridized carbons (Fsp3) is 0.368. The van der Waals surface area contributed by atoms with E-state index in [4.69, 9.17) is 9.47 Å². The number of rotatable bonds is 6. The Balaban J connectivity index is 0.00000163. The first-order valence-corrected chi connectivity index (χ1v) is 8.38. The molecule has 7 nitrogen and oxygen atoms in total. The Bertz CT molecular complexity index is 756. The van der Waals surface area contributed by atoms with Crippen LogP contribution in [0.5, 0.6) is 11.5 Å². The summed E-state index contributed by atoms with van der Waals surface area (Å²) in [5.74, 6) is 1.57. The Morgan fingerprint density at radius 2 is 1.54 bits per heavy atom. The van der Waals surface area contributed by atoms with Gasteiger partial charge in [0.1, 0.15) is 17.2 Å². The average Bonchev–Trinajstić information content (AvgIpc) is 2.67. The maximum atomic E-state index is 10.7. The van der Waals surface area contributed by atoms with Gasteiger partial charge >= 0.3 is 0 Å². The minimum Gasteiger partial charge on any atom is -0.496 e. The molecule has 0 aliphatic carbocycles. The molecule has 0 saturated carbocycles. The van der Waals surface area contributed by atoms with Crippen LogP contribution in [-0.2, 0) is 0 Å². The number of hydrogen-bond acceptors (Lipinski definition) is 6. The molecule has 2 aromatic carbocycles. The van der Waals surface area contributed by atoms with Crippen LogP contribution >= 0.6 is 0 Å². The number of hydrogen-bond donors (Lipinski definition) is 0. The second kappa shape index (κ2) is 10.1. The van der Waals surface area contributed by atoms with Crippen molar-refractivity contribution in [3.05, 3.63) is 52.1 Å². The third-order valence-electron chi connectivity index (χ3n) is 3.49. The van der Waals surface area contributed by atoms with Gasteiger partial charge in [-0.25, -0.2) is 0 Å². The molecule has 2 rings (SSSR count). The van der Waals surface area contributed by atoms with E-state index in [-0.39, 0.29) is 11.6 Å². The van der Waals surface area contributed by atoms with Gasteiger partial charge in [-0.05, 0) is 24.1 Å². The van der Waals surface area contributed by atoms with Crippen molar-refractivity contribution in [1.82, 2.24) is 0 Å². The zero-order valence-electron chi connectivity index (χ0n) is 16.0. The maximum Gasteiger partial charge on any atom is 0.269 e. The second-order valence-electron chi connectivity index (χ2n) is 5.39. The number of nitrogens with zero attached hydrogens (tertiary/aromatic N) is 3. The fourth-order valence-electron chi connectivity index (χ4n) is 2.19. The number of benzene rings is 2. The lowest BCUT2D eigenvalue weighted by Crippen LogP contribution is -1.96. The predicted octanol–water partition coefficient (Wildman–Crippen LogP) is 6.18. The molecule has 26 heavy (non-hydrogen) atoms. The number of azo groups is 1. The Kier molecular flexibility index (Phi) is 8.21. The third-order valence-corrected chi connectivity index (χ3v) is 3.49. The number of non-ortho nitro benzene ring substituents is 1. The third kappa shape index (κ3) is 5.27. The number of ether oxygens (including phenoxy) is 2. The van der Waals surface area contributed by atoms with Crippen molar-refractivity contribution in [2.45, 2.75) is 33.6 Å². The average molecular weight is 359 g/mol. The normalized spacial score (nSPS) is 10.4. The van der Waals surface area contributed by atoms with Crippen molar-refractivity contribution in [3.8, 4) is 11.5 Å². The molecule has 0 spiro atoms. The van der Waals surface area contributed by atoms with E-state index in [0.29, 0.717) is 22.9 Å². The first-order chi connectivity index (χ1) is 12.5. The molecule has 0 radical (unpaired) electrons. The molecule has 2 aromatic rings. The zero-order chi connectivity index (χ0) is 19.7. The lowest BCUT2D eigenvalue weighted by atomic mass is 10.0. The summed E-state index contributed by atoms with van der Waals surface area (Å²) in [5.41, 5.74) is 2.06. The van der Waals surface area contributed by atoms with Gasteiger partial charge in [-0.15, -0.1) is 5.11 Å². The molecule has 0 aromatic heterocycles. The monoisotopic (exact) mass is 359 g/mol. The van der Waals surface area contributed by atoms with Gasteiger partial charge in [0.2, 0.25) is 0 Å². The van der Waals surface area contributed by atoms with Crippen molar-refractivity contribution < 1.29 is 14.4 Å². The number of nitro benzene ring substituents is 1. The van der Waals surface area contributed by atoms with E-state index in [9.17, 15) is 10.1 Å². The standard InChI is InChI=1S/C17H19N3O4.C2H6/c1-11(2)14-9-17(24-4)15(10-16(14)23-3)19-18-12-5-7-13(8-6-12)20(21)22;1-2/h5-11H,1-4H3;1-2H3. The highest BCUT2D eigenvalue weighted by Gasteiger charge is 2.13. The van der Waals surface area contributed by atoms with Crippen LogP contribution in [-0.4, -0.2) is 19.1 Å². The molecule has 0 unspecified atom stereocenters. The first-order valence-electron chi connectivity index (χ1n) is 8.38. The van der Waals surface area contributed by atoms with Crippen LogP contribution in [0.4, 0.5) is 17.1 Å². The molecular weight excluding hydrogens is 334 g/mol. The molecule has 7 heteroatoms. The summed E-state index contributed by atoms with van der Waals surface area (Å²) in [6, 6.07) is 9.49. The molecule has 0 saturated heterocycles. The molecule has 0 atom stereocenters. The topological polar surface area (TPSA) is 86.3 Å². The summed E-state index contributed by atoms with van der Waals surface area (Å²) < 4.78 is 10.8. The summed E-state index contributed by atoms with van der Waals surface area (Å²) in [4.78, 5) is 10.2. The Hall–Kier alpha value is -2.96. The highest BCUT2D eigenvalue weighted by Crippen LogP contribution is 2.38. The van der Waals surface area contributed by atoms with E-state index in [1.165, 1.54) is 24.3 Å². The lowest BCUT2D eigenvalue weighted by molar-refractivity contribution is -0.384. The lowest BCUT2D eigenvalue weighted by Gasteiger charge is -2.14. The largest absolute Gasteiger partial charge is 0.496 e. The van der Waals surface area contributed by atoms with Crippen LogP contribution in [0.25, 0.3) is 0 Å². The molecule has 0 fully saturated rings. The van der Waals surface area contributed by atoms with E-state index < -0.39 is 4.92 Å². The Labute approximate surface area is 153 Å². The van der Waals surface area contributed by atoms with Gasteiger partial charge in [0.05, 0.1) is 24.8 Å². The molecular formula is C19H25N3O4. The van der Waals surface area contributed by atoms with Gasteiger partial charge in [0.25, 0.3) is 5.69 Å². The quantitative estimate of drug-likeness (QED) is 0.350.